The molecular weight excluding hydrogens is 390 g/mol. The Kier molecular flexibility index (Phi) is 6.66. The minimum Gasteiger partial charge on any atom is -0.248 e. The van der Waals surface area contributed by atoms with Gasteiger partial charge in [-0.05, 0) is 36.4 Å². The molecule has 0 aliphatic carbocycles. The van der Waals surface area contributed by atoms with Crippen molar-refractivity contribution in [3.05, 3.63) is 72.8 Å². The van der Waals surface area contributed by atoms with Gasteiger partial charge in [0.1, 0.15) is 16.6 Å². The van der Waals surface area contributed by atoms with Gasteiger partial charge < -0.3 is 0 Å². The minimum absolute atomic E-state index is 0. The molecule has 6 rings (SSSR count). The Morgan fingerprint density at radius 1 is 0.452 bits per heavy atom. The highest BCUT2D eigenvalue weighted by Gasteiger charge is 1.97. The molecule has 0 aliphatic rings. The highest BCUT2D eigenvalue weighted by Crippen LogP contribution is 2.08. The highest BCUT2D eigenvalue weighted by atomic mass is 15.4. The van der Waals surface area contributed by atoms with Crippen molar-refractivity contribution in [2.24, 2.45) is 21.1 Å². The quantitative estimate of drug-likeness (QED) is 0.377. The number of aryl methyl sites for hydroxylation is 3. The monoisotopic (exact) mass is 415 g/mol. The number of aromatic nitrogens is 9. The van der Waals surface area contributed by atoms with Crippen molar-refractivity contribution in [2.45, 2.75) is 7.43 Å². The average Bonchev–Trinajstić information content (AvgIpc) is 3.48. The fourth-order valence-electron chi connectivity index (χ4n) is 2.96. The van der Waals surface area contributed by atoms with Crippen LogP contribution in [0.2, 0.25) is 0 Å². The van der Waals surface area contributed by atoms with E-state index in [4.69, 9.17) is 0 Å². The van der Waals surface area contributed by atoms with E-state index in [9.17, 15) is 0 Å². The molecule has 0 saturated heterocycles. The molecule has 3 aromatic carbocycles. The maximum absolute atomic E-state index is 3.93. The van der Waals surface area contributed by atoms with E-state index in [-0.39, 0.29) is 7.43 Å². The standard InChI is InChI=1S/3C7H7N3.CH4/c3*1-10-7-5-3-2-4-6(7)8-9-10;/h3*2-5H,1H3;1H4. The Balaban J connectivity index is 0.000000130. The normalized spacial score (nSPS) is 10.2. The van der Waals surface area contributed by atoms with E-state index in [1.165, 1.54) is 0 Å². The van der Waals surface area contributed by atoms with Crippen molar-refractivity contribution in [3.63, 3.8) is 0 Å². The van der Waals surface area contributed by atoms with Gasteiger partial charge in [-0.1, -0.05) is 59.5 Å². The highest BCUT2D eigenvalue weighted by molar-refractivity contribution is 5.74. The average molecular weight is 416 g/mol. The van der Waals surface area contributed by atoms with Gasteiger partial charge in [0.15, 0.2) is 0 Å². The lowest BCUT2D eigenvalue weighted by molar-refractivity contribution is 0.736. The van der Waals surface area contributed by atoms with Gasteiger partial charge in [0, 0.05) is 21.1 Å². The largest absolute Gasteiger partial charge is 0.248 e. The van der Waals surface area contributed by atoms with Crippen LogP contribution in [0.5, 0.6) is 0 Å². The van der Waals surface area contributed by atoms with Crippen LogP contribution in [0.4, 0.5) is 0 Å². The Bertz CT molecular complexity index is 1220. The summed E-state index contributed by atoms with van der Waals surface area (Å²) in [5.74, 6) is 0. The molecule has 31 heavy (non-hydrogen) atoms. The maximum Gasteiger partial charge on any atom is 0.113 e. The number of para-hydroxylation sites is 3. The molecule has 0 amide bonds. The van der Waals surface area contributed by atoms with E-state index in [0.717, 1.165) is 33.1 Å². The number of benzene rings is 3. The minimum atomic E-state index is 0. The van der Waals surface area contributed by atoms with Crippen LogP contribution >= 0.6 is 0 Å². The molecule has 0 saturated carbocycles. The van der Waals surface area contributed by atoms with Crippen molar-refractivity contribution < 1.29 is 0 Å². The molecule has 0 N–H and O–H groups in total. The Morgan fingerprint density at radius 3 is 0.968 bits per heavy atom. The summed E-state index contributed by atoms with van der Waals surface area (Å²) in [6.07, 6.45) is 0. The van der Waals surface area contributed by atoms with Crippen molar-refractivity contribution in [3.8, 4) is 0 Å². The third-order valence-corrected chi connectivity index (χ3v) is 4.55. The van der Waals surface area contributed by atoms with E-state index < -0.39 is 0 Å². The summed E-state index contributed by atoms with van der Waals surface area (Å²) in [4.78, 5) is 0. The smallest absolute Gasteiger partial charge is 0.113 e. The molecule has 0 unspecified atom stereocenters. The fraction of sp³-hybridized carbons (Fsp3) is 0.182. The molecule has 3 heterocycles. The third kappa shape index (κ3) is 4.72. The first kappa shape index (κ1) is 21.6. The molecule has 0 radical (unpaired) electrons. The maximum atomic E-state index is 3.93. The molecule has 9 nitrogen and oxygen atoms in total. The number of nitrogens with zero attached hydrogens (tertiary/aromatic N) is 9. The molecular formula is C22H25N9. The molecule has 6 aromatic rings. The zero-order valence-corrected chi connectivity index (χ0v) is 17.0. The summed E-state index contributed by atoms with van der Waals surface area (Å²) < 4.78 is 5.28. The van der Waals surface area contributed by atoms with Gasteiger partial charge in [0.05, 0.1) is 16.6 Å². The van der Waals surface area contributed by atoms with Crippen LogP contribution in [0.1, 0.15) is 7.43 Å². The van der Waals surface area contributed by atoms with Crippen LogP contribution in [0, 0.1) is 0 Å². The summed E-state index contributed by atoms with van der Waals surface area (Å²) in [5.41, 5.74) is 6.06. The van der Waals surface area contributed by atoms with Crippen molar-refractivity contribution >= 4 is 33.1 Å². The van der Waals surface area contributed by atoms with Crippen LogP contribution in [-0.4, -0.2) is 45.0 Å². The molecule has 0 spiro atoms. The topological polar surface area (TPSA) is 92.1 Å². The number of fused-ring (bicyclic) bond motifs is 3. The van der Waals surface area contributed by atoms with Crippen LogP contribution in [0.15, 0.2) is 72.8 Å². The van der Waals surface area contributed by atoms with Crippen molar-refractivity contribution in [1.29, 1.82) is 0 Å². The predicted molar refractivity (Wildman–Crippen MR) is 122 cm³/mol. The van der Waals surface area contributed by atoms with Gasteiger partial charge in [0.25, 0.3) is 0 Å². The predicted octanol–water partition coefficient (Wildman–Crippen LogP) is 3.54. The van der Waals surface area contributed by atoms with Crippen LogP contribution < -0.4 is 0 Å². The summed E-state index contributed by atoms with van der Waals surface area (Å²) in [6.45, 7) is 0. The second-order valence-electron chi connectivity index (χ2n) is 6.61. The van der Waals surface area contributed by atoms with Gasteiger partial charge in [-0.3, -0.25) is 0 Å². The van der Waals surface area contributed by atoms with E-state index in [0.29, 0.717) is 0 Å². The zero-order chi connectivity index (χ0) is 20.9. The van der Waals surface area contributed by atoms with Gasteiger partial charge in [0.2, 0.25) is 0 Å². The lowest BCUT2D eigenvalue weighted by Gasteiger charge is -1.87. The van der Waals surface area contributed by atoms with E-state index >= 15 is 0 Å². The number of hydrogen-bond donors (Lipinski definition) is 0. The molecule has 158 valence electrons. The van der Waals surface area contributed by atoms with E-state index in [1.807, 2.05) is 93.9 Å². The zero-order valence-electron chi connectivity index (χ0n) is 17.0. The Hall–Kier alpha value is -4.14. The van der Waals surface area contributed by atoms with Crippen molar-refractivity contribution in [2.75, 3.05) is 0 Å². The molecule has 9 heteroatoms. The van der Waals surface area contributed by atoms with E-state index in [1.54, 1.807) is 14.0 Å². The van der Waals surface area contributed by atoms with Gasteiger partial charge >= 0.3 is 0 Å². The number of rotatable bonds is 0. The Labute approximate surface area is 179 Å². The number of hydrogen-bond acceptors (Lipinski definition) is 6. The molecule has 3 aromatic heterocycles. The summed E-state index contributed by atoms with van der Waals surface area (Å²) >= 11 is 0. The van der Waals surface area contributed by atoms with Gasteiger partial charge in [-0.25, -0.2) is 14.0 Å². The first-order chi connectivity index (χ1) is 14.6. The van der Waals surface area contributed by atoms with Gasteiger partial charge in [-0.15, -0.1) is 15.3 Å². The first-order valence-electron chi connectivity index (χ1n) is 9.37. The van der Waals surface area contributed by atoms with Crippen LogP contribution in [-0.2, 0) is 21.1 Å². The lowest BCUT2D eigenvalue weighted by Crippen LogP contribution is -1.88. The van der Waals surface area contributed by atoms with Crippen molar-refractivity contribution in [1.82, 2.24) is 45.0 Å². The van der Waals surface area contributed by atoms with Crippen LogP contribution in [0.25, 0.3) is 33.1 Å². The second kappa shape index (κ2) is 9.57. The molecule has 0 fully saturated rings. The Morgan fingerprint density at radius 2 is 0.710 bits per heavy atom. The third-order valence-electron chi connectivity index (χ3n) is 4.55. The molecule has 0 aliphatic heterocycles. The lowest BCUT2D eigenvalue weighted by atomic mass is 10.3. The summed E-state index contributed by atoms with van der Waals surface area (Å²) in [5, 5.41) is 23.4. The fourth-order valence-corrected chi connectivity index (χ4v) is 2.96. The molecule has 0 bridgehead atoms. The van der Waals surface area contributed by atoms with Crippen LogP contribution in [0.3, 0.4) is 0 Å². The van der Waals surface area contributed by atoms with E-state index in [2.05, 4.69) is 30.9 Å². The SMILES string of the molecule is C.Cn1nnc2ccccc21.Cn1nnc2ccccc21.Cn1nnc2ccccc21. The second-order valence-corrected chi connectivity index (χ2v) is 6.61. The summed E-state index contributed by atoms with van der Waals surface area (Å²) in [6, 6.07) is 23.6. The summed E-state index contributed by atoms with van der Waals surface area (Å²) in [7, 11) is 5.65. The molecule has 0 atom stereocenters. The first-order valence-corrected chi connectivity index (χ1v) is 9.37. The van der Waals surface area contributed by atoms with Gasteiger partial charge in [-0.2, -0.15) is 0 Å².